The average molecular weight is 276 g/mol. The van der Waals surface area contributed by atoms with E-state index < -0.39 is 0 Å². The second-order valence-electron chi connectivity index (χ2n) is 5.41. The van der Waals surface area contributed by atoms with Gasteiger partial charge in [0.15, 0.2) is 0 Å². The third-order valence-electron chi connectivity index (χ3n) is 3.63. The number of ether oxygens (including phenoxy) is 1. The van der Waals surface area contributed by atoms with Crippen molar-refractivity contribution < 1.29 is 9.53 Å². The van der Waals surface area contributed by atoms with Gasteiger partial charge in [-0.15, -0.1) is 0 Å². The normalized spacial score (nSPS) is 18.3. The lowest BCUT2D eigenvalue weighted by Crippen LogP contribution is -2.45. The van der Waals surface area contributed by atoms with Crippen LogP contribution in [0.2, 0.25) is 0 Å². The summed E-state index contributed by atoms with van der Waals surface area (Å²) in [5.74, 6) is 0.916. The van der Waals surface area contributed by atoms with Crippen molar-refractivity contribution in [2.24, 2.45) is 0 Å². The Morgan fingerprint density at radius 1 is 1.40 bits per heavy atom. The Labute approximate surface area is 121 Å². The van der Waals surface area contributed by atoms with Crippen LogP contribution in [0.1, 0.15) is 37.6 Å². The van der Waals surface area contributed by atoms with Gasteiger partial charge in [-0.3, -0.25) is 4.79 Å². The lowest BCUT2D eigenvalue weighted by molar-refractivity contribution is 0.0626. The van der Waals surface area contributed by atoms with Crippen LogP contribution in [0.15, 0.2) is 24.3 Å². The zero-order valence-electron chi connectivity index (χ0n) is 12.6. The molecule has 1 fully saturated rings. The number of carbonyl (C=O) groups excluding carboxylic acids is 1. The van der Waals surface area contributed by atoms with E-state index in [1.54, 1.807) is 0 Å². The zero-order valence-corrected chi connectivity index (χ0v) is 12.6. The molecule has 4 nitrogen and oxygen atoms in total. The Hall–Kier alpha value is -1.55. The van der Waals surface area contributed by atoms with Crippen molar-refractivity contribution in [3.8, 4) is 5.75 Å². The molecule has 20 heavy (non-hydrogen) atoms. The van der Waals surface area contributed by atoms with Crippen LogP contribution in [0.25, 0.3) is 0 Å². The highest BCUT2D eigenvalue weighted by Gasteiger charge is 2.29. The van der Waals surface area contributed by atoms with Crippen LogP contribution >= 0.6 is 0 Å². The molecule has 1 atom stereocenters. The van der Waals surface area contributed by atoms with E-state index in [0.717, 1.165) is 30.8 Å². The summed E-state index contributed by atoms with van der Waals surface area (Å²) in [7, 11) is 0. The van der Waals surface area contributed by atoms with Gasteiger partial charge in [0.1, 0.15) is 5.75 Å². The highest BCUT2D eigenvalue weighted by atomic mass is 16.5. The number of benzene rings is 1. The highest BCUT2D eigenvalue weighted by molar-refractivity contribution is 5.94. The van der Waals surface area contributed by atoms with Crippen LogP contribution in [-0.4, -0.2) is 42.6 Å². The minimum atomic E-state index is 0.108. The third-order valence-corrected chi connectivity index (χ3v) is 3.63. The molecule has 110 valence electrons. The molecule has 1 N–H and O–H groups in total. The van der Waals surface area contributed by atoms with Crippen LogP contribution in [0.3, 0.4) is 0 Å². The number of hydrogen-bond acceptors (Lipinski definition) is 3. The van der Waals surface area contributed by atoms with Crippen LogP contribution in [0.4, 0.5) is 0 Å². The molecule has 4 heteroatoms. The molecular weight excluding hydrogens is 252 g/mol. The van der Waals surface area contributed by atoms with Crippen molar-refractivity contribution in [1.29, 1.82) is 0 Å². The van der Waals surface area contributed by atoms with Crippen LogP contribution in [0.5, 0.6) is 5.75 Å². The first kappa shape index (κ1) is 14.9. The van der Waals surface area contributed by atoms with E-state index in [0.29, 0.717) is 12.6 Å². The molecule has 1 aromatic carbocycles. The van der Waals surface area contributed by atoms with E-state index >= 15 is 0 Å². The van der Waals surface area contributed by atoms with Gasteiger partial charge in [0, 0.05) is 24.2 Å². The number of nitrogens with one attached hydrogen (secondary N) is 1. The maximum Gasteiger partial charge on any atom is 0.254 e. The van der Waals surface area contributed by atoms with Gasteiger partial charge < -0.3 is 15.0 Å². The van der Waals surface area contributed by atoms with Gasteiger partial charge in [-0.2, -0.15) is 0 Å². The molecular formula is C16H24N2O2. The molecule has 1 aliphatic heterocycles. The van der Waals surface area contributed by atoms with Gasteiger partial charge >= 0.3 is 0 Å². The van der Waals surface area contributed by atoms with E-state index in [9.17, 15) is 4.79 Å². The third kappa shape index (κ3) is 3.31. The molecule has 1 amide bonds. The van der Waals surface area contributed by atoms with Gasteiger partial charge in [-0.1, -0.05) is 0 Å². The Morgan fingerprint density at radius 3 is 2.60 bits per heavy atom. The predicted molar refractivity (Wildman–Crippen MR) is 80.2 cm³/mol. The number of carbonyl (C=O) groups is 1. The van der Waals surface area contributed by atoms with E-state index in [-0.39, 0.29) is 11.9 Å². The fraction of sp³-hybridized carbons (Fsp3) is 0.562. The molecule has 0 saturated carbocycles. The van der Waals surface area contributed by atoms with E-state index in [2.05, 4.69) is 19.2 Å². The zero-order chi connectivity index (χ0) is 14.5. The molecule has 0 radical (unpaired) electrons. The van der Waals surface area contributed by atoms with Crippen molar-refractivity contribution in [2.75, 3.05) is 19.7 Å². The van der Waals surface area contributed by atoms with Crippen LogP contribution in [-0.2, 0) is 0 Å². The summed E-state index contributed by atoms with van der Waals surface area (Å²) in [6, 6.07) is 7.94. The van der Waals surface area contributed by atoms with Gasteiger partial charge in [-0.05, 0) is 58.0 Å². The summed E-state index contributed by atoms with van der Waals surface area (Å²) in [4.78, 5) is 14.7. The van der Waals surface area contributed by atoms with Crippen molar-refractivity contribution in [3.05, 3.63) is 29.8 Å². The molecule has 1 saturated heterocycles. The molecule has 1 unspecified atom stereocenters. The minimum absolute atomic E-state index is 0.108. The molecule has 1 aliphatic rings. The Kier molecular flexibility index (Phi) is 5.01. The number of nitrogens with zero attached hydrogens (tertiary/aromatic N) is 1. The quantitative estimate of drug-likeness (QED) is 0.897. The predicted octanol–water partition coefficient (Wildman–Crippen LogP) is 2.30. The Bertz CT molecular complexity index is 436. The van der Waals surface area contributed by atoms with E-state index in [4.69, 9.17) is 4.74 Å². The number of rotatable bonds is 5. The van der Waals surface area contributed by atoms with Gasteiger partial charge in [0.25, 0.3) is 5.91 Å². The summed E-state index contributed by atoms with van der Waals surface area (Å²) in [6.45, 7) is 8.62. The first-order valence-electron chi connectivity index (χ1n) is 7.39. The first-order chi connectivity index (χ1) is 9.63. The maximum absolute atomic E-state index is 12.7. The largest absolute Gasteiger partial charge is 0.494 e. The Balaban J connectivity index is 2.14. The van der Waals surface area contributed by atoms with E-state index in [1.807, 2.05) is 36.1 Å². The molecule has 0 spiro atoms. The van der Waals surface area contributed by atoms with Crippen molar-refractivity contribution in [3.63, 3.8) is 0 Å². The smallest absolute Gasteiger partial charge is 0.254 e. The van der Waals surface area contributed by atoms with Gasteiger partial charge in [0.05, 0.1) is 6.61 Å². The standard InChI is InChI=1S/C16H24N2O2/c1-4-20-15-7-5-13(6-8-15)16(19)18(12(2)3)14-9-10-17-11-14/h5-8,12,14,17H,4,9-11H2,1-3H3. The lowest BCUT2D eigenvalue weighted by Gasteiger charge is -2.32. The monoisotopic (exact) mass is 276 g/mol. The number of amides is 1. The summed E-state index contributed by atoms with van der Waals surface area (Å²) in [6.07, 6.45) is 1.03. The summed E-state index contributed by atoms with van der Waals surface area (Å²) in [5, 5.41) is 3.33. The second-order valence-corrected chi connectivity index (χ2v) is 5.41. The molecule has 1 heterocycles. The summed E-state index contributed by atoms with van der Waals surface area (Å²) >= 11 is 0. The van der Waals surface area contributed by atoms with Crippen LogP contribution < -0.4 is 10.1 Å². The maximum atomic E-state index is 12.7. The lowest BCUT2D eigenvalue weighted by atomic mass is 10.1. The molecule has 2 rings (SSSR count). The fourth-order valence-electron chi connectivity index (χ4n) is 2.71. The fourth-order valence-corrected chi connectivity index (χ4v) is 2.71. The Morgan fingerprint density at radius 2 is 2.10 bits per heavy atom. The first-order valence-corrected chi connectivity index (χ1v) is 7.39. The second kappa shape index (κ2) is 6.75. The minimum Gasteiger partial charge on any atom is -0.494 e. The van der Waals surface area contributed by atoms with E-state index in [1.165, 1.54) is 0 Å². The van der Waals surface area contributed by atoms with Crippen molar-refractivity contribution >= 4 is 5.91 Å². The number of hydrogen-bond donors (Lipinski definition) is 1. The van der Waals surface area contributed by atoms with Gasteiger partial charge in [-0.25, -0.2) is 0 Å². The SMILES string of the molecule is CCOc1ccc(C(=O)N(C(C)C)C2CCNC2)cc1. The molecule has 0 aliphatic carbocycles. The summed E-state index contributed by atoms with van der Waals surface area (Å²) in [5.41, 5.74) is 0.731. The average Bonchev–Trinajstić information content (AvgIpc) is 2.93. The van der Waals surface area contributed by atoms with Crippen molar-refractivity contribution in [2.45, 2.75) is 39.3 Å². The summed E-state index contributed by atoms with van der Waals surface area (Å²) < 4.78 is 5.41. The molecule has 1 aromatic rings. The highest BCUT2D eigenvalue weighted by Crippen LogP contribution is 2.19. The topological polar surface area (TPSA) is 41.6 Å². The molecule has 0 aromatic heterocycles. The van der Waals surface area contributed by atoms with Crippen LogP contribution in [0, 0.1) is 0 Å². The van der Waals surface area contributed by atoms with Crippen molar-refractivity contribution in [1.82, 2.24) is 10.2 Å². The molecule has 0 bridgehead atoms. The van der Waals surface area contributed by atoms with Gasteiger partial charge in [0.2, 0.25) is 0 Å².